The van der Waals surface area contributed by atoms with Crippen LogP contribution in [0, 0.1) is 0 Å². The lowest BCUT2D eigenvalue weighted by atomic mass is 10.1. The Balaban J connectivity index is 1.15. The molecule has 2 unspecified atom stereocenters. The number of benzene rings is 2. The van der Waals surface area contributed by atoms with E-state index in [1.54, 1.807) is 26.2 Å². The molecule has 2 aromatic carbocycles. The van der Waals surface area contributed by atoms with Crippen molar-refractivity contribution in [2.24, 2.45) is 0 Å². The van der Waals surface area contributed by atoms with Gasteiger partial charge >= 0.3 is 0 Å². The summed E-state index contributed by atoms with van der Waals surface area (Å²) in [5.74, 6) is -0.649. The van der Waals surface area contributed by atoms with Gasteiger partial charge in [0.15, 0.2) is 34.6 Å². The standard InChI is InChI=1S/C31H32N4O10/c1-32-20-12-26(24(42-3)10-18(20)28(38)34-14-16(36)8-22(34)30(32)40)44-6-5-7-45-27-13-21-19(11-25(27)43-4)29(39)35-15-17(37)9-23(35)31(41)33(21)2/h10-13,22-23H,5-9,14-15H2,1-4H3. The van der Waals surface area contributed by atoms with Gasteiger partial charge in [-0.3, -0.25) is 28.8 Å². The highest BCUT2D eigenvalue weighted by Crippen LogP contribution is 2.40. The Labute approximate surface area is 258 Å². The molecule has 0 bridgehead atoms. The topological polar surface area (TPSA) is 152 Å². The van der Waals surface area contributed by atoms with Gasteiger partial charge in [-0.15, -0.1) is 0 Å². The molecule has 14 heteroatoms. The van der Waals surface area contributed by atoms with Crippen molar-refractivity contribution in [1.82, 2.24) is 9.80 Å². The van der Waals surface area contributed by atoms with Crippen LogP contribution in [-0.2, 0) is 19.2 Å². The van der Waals surface area contributed by atoms with E-state index in [0.717, 1.165) is 0 Å². The molecule has 4 heterocycles. The first-order valence-corrected chi connectivity index (χ1v) is 14.4. The van der Waals surface area contributed by atoms with Crippen LogP contribution in [0.25, 0.3) is 0 Å². The van der Waals surface area contributed by atoms with Gasteiger partial charge < -0.3 is 38.5 Å². The number of ether oxygens (including phenoxy) is 4. The van der Waals surface area contributed by atoms with Crippen LogP contribution in [0.15, 0.2) is 24.3 Å². The van der Waals surface area contributed by atoms with E-state index in [4.69, 9.17) is 18.9 Å². The summed E-state index contributed by atoms with van der Waals surface area (Å²) >= 11 is 0. The predicted molar refractivity (Wildman–Crippen MR) is 157 cm³/mol. The van der Waals surface area contributed by atoms with E-state index >= 15 is 0 Å². The van der Waals surface area contributed by atoms with Gasteiger partial charge in [-0.1, -0.05) is 0 Å². The molecule has 0 aromatic heterocycles. The normalized spacial score (nSPS) is 20.9. The summed E-state index contributed by atoms with van der Waals surface area (Å²) in [7, 11) is 5.99. The zero-order valence-electron chi connectivity index (χ0n) is 25.3. The maximum atomic E-state index is 13.3. The summed E-state index contributed by atoms with van der Waals surface area (Å²) in [5, 5.41) is 0. The van der Waals surface area contributed by atoms with Crippen molar-refractivity contribution in [3.8, 4) is 23.0 Å². The summed E-state index contributed by atoms with van der Waals surface area (Å²) in [6.45, 7) is 0.138. The largest absolute Gasteiger partial charge is 0.493 e. The number of anilines is 2. The van der Waals surface area contributed by atoms with E-state index in [1.807, 2.05) is 0 Å². The van der Waals surface area contributed by atoms with Crippen LogP contribution >= 0.6 is 0 Å². The smallest absolute Gasteiger partial charge is 0.257 e. The van der Waals surface area contributed by atoms with Crippen molar-refractivity contribution >= 4 is 46.6 Å². The molecule has 2 aromatic rings. The van der Waals surface area contributed by atoms with Crippen molar-refractivity contribution < 1.29 is 47.7 Å². The second kappa shape index (κ2) is 11.4. The minimum Gasteiger partial charge on any atom is -0.493 e. The number of carbonyl (C=O) groups is 6. The molecule has 0 aliphatic carbocycles. The Morgan fingerprint density at radius 3 is 1.40 bits per heavy atom. The van der Waals surface area contributed by atoms with Crippen LogP contribution in [0.3, 0.4) is 0 Å². The van der Waals surface area contributed by atoms with E-state index in [1.165, 1.54) is 46.0 Å². The highest BCUT2D eigenvalue weighted by Gasteiger charge is 2.46. The molecular formula is C31H32N4O10. The first kappa shape index (κ1) is 29.9. The SMILES string of the molecule is COc1cc2c(cc1OCCCOc1cc3c(cc1OC)C(=O)N1CC(=O)CC1C(=O)N3C)N(C)C(=O)C1CC(=O)CN1C2=O. The van der Waals surface area contributed by atoms with Crippen molar-refractivity contribution in [2.45, 2.75) is 31.3 Å². The number of carbonyl (C=O) groups excluding carboxylic acids is 6. The fraction of sp³-hybridized carbons (Fsp3) is 0.419. The average molecular weight is 621 g/mol. The van der Waals surface area contributed by atoms with Gasteiger partial charge in [-0.25, -0.2) is 0 Å². The van der Waals surface area contributed by atoms with Crippen LogP contribution in [0.4, 0.5) is 11.4 Å². The average Bonchev–Trinajstić information content (AvgIpc) is 3.60. The molecule has 2 saturated heterocycles. The van der Waals surface area contributed by atoms with Gasteiger partial charge in [-0.05, 0) is 12.1 Å². The Hall–Kier alpha value is -5.14. The predicted octanol–water partition coefficient (Wildman–Crippen LogP) is 1.07. The molecule has 14 nitrogen and oxygen atoms in total. The number of fused-ring (bicyclic) bond motifs is 4. The maximum absolute atomic E-state index is 13.3. The lowest BCUT2D eigenvalue weighted by Gasteiger charge is -2.22. The zero-order chi connectivity index (χ0) is 32.2. The summed E-state index contributed by atoms with van der Waals surface area (Å²) < 4.78 is 22.9. The van der Waals surface area contributed by atoms with Crippen LogP contribution in [-0.4, -0.2) is 112 Å². The van der Waals surface area contributed by atoms with Crippen LogP contribution in [0.5, 0.6) is 23.0 Å². The Morgan fingerprint density at radius 1 is 0.622 bits per heavy atom. The Kier molecular flexibility index (Phi) is 7.59. The third-order valence-corrected chi connectivity index (χ3v) is 8.59. The van der Waals surface area contributed by atoms with Crippen molar-refractivity contribution in [3.05, 3.63) is 35.4 Å². The minimum atomic E-state index is -0.836. The first-order valence-electron chi connectivity index (χ1n) is 14.4. The van der Waals surface area contributed by atoms with E-state index < -0.39 is 23.9 Å². The number of amides is 4. The van der Waals surface area contributed by atoms with E-state index in [2.05, 4.69) is 0 Å². The van der Waals surface area contributed by atoms with Crippen molar-refractivity contribution in [1.29, 1.82) is 0 Å². The van der Waals surface area contributed by atoms with Crippen molar-refractivity contribution in [2.75, 3.05) is 64.4 Å². The third-order valence-electron chi connectivity index (χ3n) is 8.59. The molecule has 0 saturated carbocycles. The molecule has 4 amide bonds. The molecular weight excluding hydrogens is 588 g/mol. The van der Waals surface area contributed by atoms with Gasteiger partial charge in [0.25, 0.3) is 11.8 Å². The molecule has 45 heavy (non-hydrogen) atoms. The van der Waals surface area contributed by atoms with Gasteiger partial charge in [0.2, 0.25) is 11.8 Å². The number of rotatable bonds is 8. The fourth-order valence-corrected chi connectivity index (χ4v) is 6.21. The summed E-state index contributed by atoms with van der Waals surface area (Å²) in [4.78, 5) is 82.0. The number of methoxy groups -OCH3 is 2. The number of hydrogen-bond acceptors (Lipinski definition) is 10. The minimum absolute atomic E-state index is 0.0126. The number of ketones is 2. The van der Waals surface area contributed by atoms with E-state index in [0.29, 0.717) is 40.8 Å². The summed E-state index contributed by atoms with van der Waals surface area (Å²) in [6.07, 6.45) is 0.375. The van der Waals surface area contributed by atoms with Crippen LogP contribution < -0.4 is 28.7 Å². The maximum Gasteiger partial charge on any atom is 0.257 e. The van der Waals surface area contributed by atoms with Gasteiger partial charge in [0, 0.05) is 45.5 Å². The molecule has 2 atom stereocenters. The highest BCUT2D eigenvalue weighted by molar-refractivity contribution is 6.15. The molecule has 4 aliphatic heterocycles. The van der Waals surface area contributed by atoms with Gasteiger partial charge in [0.1, 0.15) is 12.1 Å². The first-order chi connectivity index (χ1) is 21.5. The quantitative estimate of drug-likeness (QED) is 0.392. The number of nitrogens with zero attached hydrogens (tertiary/aromatic N) is 4. The van der Waals surface area contributed by atoms with Gasteiger partial charge in [0.05, 0.1) is 63.0 Å². The fourth-order valence-electron chi connectivity index (χ4n) is 6.21. The molecule has 236 valence electrons. The lowest BCUT2D eigenvalue weighted by molar-refractivity contribution is -0.123. The van der Waals surface area contributed by atoms with E-state index in [-0.39, 0.29) is 73.7 Å². The monoisotopic (exact) mass is 620 g/mol. The Morgan fingerprint density at radius 2 is 1.02 bits per heavy atom. The highest BCUT2D eigenvalue weighted by atomic mass is 16.5. The zero-order valence-corrected chi connectivity index (χ0v) is 25.3. The molecule has 0 N–H and O–H groups in total. The molecule has 0 spiro atoms. The molecule has 0 radical (unpaired) electrons. The molecule has 2 fully saturated rings. The molecule has 4 aliphatic rings. The number of likely N-dealkylation sites (N-methyl/N-ethyl adjacent to an activating group) is 2. The molecule has 6 rings (SSSR count). The number of hydrogen-bond donors (Lipinski definition) is 0. The Bertz CT molecular complexity index is 1540. The second-order valence-electron chi connectivity index (χ2n) is 11.3. The second-order valence-corrected chi connectivity index (χ2v) is 11.3. The van der Waals surface area contributed by atoms with E-state index in [9.17, 15) is 28.8 Å². The third kappa shape index (κ3) is 4.99. The summed E-state index contributed by atoms with van der Waals surface area (Å²) in [5.41, 5.74) is 1.18. The summed E-state index contributed by atoms with van der Waals surface area (Å²) in [6, 6.07) is 4.51. The van der Waals surface area contributed by atoms with Gasteiger partial charge in [-0.2, -0.15) is 0 Å². The lowest BCUT2D eigenvalue weighted by Crippen LogP contribution is -2.43. The van der Waals surface area contributed by atoms with Crippen molar-refractivity contribution in [3.63, 3.8) is 0 Å². The van der Waals surface area contributed by atoms with Crippen LogP contribution in [0.1, 0.15) is 40.0 Å². The van der Waals surface area contributed by atoms with Crippen LogP contribution in [0.2, 0.25) is 0 Å². The number of Topliss-reactive ketones (excluding diaryl/α,β-unsaturated/α-hetero) is 2.